The Hall–Kier alpha value is -0.640. The largest absolute Gasteiger partial charge is 0.353 e. The van der Waals surface area contributed by atoms with Crippen LogP contribution < -0.4 is 11.1 Å². The molecule has 68 valence electrons. The van der Waals surface area contributed by atoms with E-state index in [9.17, 15) is 9.18 Å². The van der Waals surface area contributed by atoms with E-state index in [1.165, 1.54) is 0 Å². The summed E-state index contributed by atoms with van der Waals surface area (Å²) in [4.78, 5) is 11.3. The average molecular weight is 172 g/mol. The molecule has 1 saturated heterocycles. The monoisotopic (exact) mass is 172 g/mol. The molecule has 1 unspecified atom stereocenters. The summed E-state index contributed by atoms with van der Waals surface area (Å²) in [5, 5.41) is 2.55. The first kappa shape index (κ1) is 7.98. The van der Waals surface area contributed by atoms with Crippen LogP contribution in [0.1, 0.15) is 19.3 Å². The van der Waals surface area contributed by atoms with Crippen molar-refractivity contribution in [2.45, 2.75) is 31.5 Å². The minimum absolute atomic E-state index is 0.00657. The van der Waals surface area contributed by atoms with Crippen LogP contribution in [0, 0.1) is 5.41 Å². The molecule has 1 spiro atoms. The number of nitrogens with two attached hydrogens (primary N) is 1. The lowest BCUT2D eigenvalue weighted by molar-refractivity contribution is -0.128. The van der Waals surface area contributed by atoms with Gasteiger partial charge in [0.15, 0.2) is 0 Å². The van der Waals surface area contributed by atoms with E-state index < -0.39 is 11.6 Å². The Morgan fingerprint density at radius 1 is 1.67 bits per heavy atom. The van der Waals surface area contributed by atoms with Gasteiger partial charge in [-0.05, 0) is 19.3 Å². The number of amides is 1. The Bertz CT molecular complexity index is 221. The number of nitrogens with one attached hydrogen (secondary N) is 1. The van der Waals surface area contributed by atoms with Crippen molar-refractivity contribution in [2.24, 2.45) is 11.1 Å². The third-order valence-electron chi connectivity index (χ3n) is 3.08. The topological polar surface area (TPSA) is 55.1 Å². The third kappa shape index (κ3) is 0.874. The number of halogens is 1. The fourth-order valence-corrected chi connectivity index (χ4v) is 2.30. The number of hydrogen-bond donors (Lipinski definition) is 2. The van der Waals surface area contributed by atoms with Crippen LogP contribution in [-0.4, -0.2) is 24.7 Å². The van der Waals surface area contributed by atoms with Crippen LogP contribution in [-0.2, 0) is 4.79 Å². The maximum atomic E-state index is 13.4. The maximum Gasteiger partial charge on any atom is 0.229 e. The molecule has 2 aliphatic rings. The molecule has 2 rings (SSSR count). The van der Waals surface area contributed by atoms with Crippen LogP contribution in [0.4, 0.5) is 4.39 Å². The highest BCUT2D eigenvalue weighted by molar-refractivity contribution is 5.86. The molecule has 4 heteroatoms. The maximum absolute atomic E-state index is 13.4. The second-order valence-electron chi connectivity index (χ2n) is 3.84. The van der Waals surface area contributed by atoms with E-state index in [4.69, 9.17) is 5.73 Å². The van der Waals surface area contributed by atoms with Gasteiger partial charge in [-0.2, -0.15) is 0 Å². The molecule has 0 bridgehead atoms. The highest BCUT2D eigenvalue weighted by Gasteiger charge is 2.54. The smallest absolute Gasteiger partial charge is 0.229 e. The van der Waals surface area contributed by atoms with Gasteiger partial charge in [0.2, 0.25) is 5.91 Å². The van der Waals surface area contributed by atoms with Crippen molar-refractivity contribution < 1.29 is 9.18 Å². The molecule has 2 fully saturated rings. The molecule has 1 amide bonds. The van der Waals surface area contributed by atoms with Crippen molar-refractivity contribution in [1.82, 2.24) is 5.32 Å². The lowest BCUT2D eigenvalue weighted by Gasteiger charge is -2.21. The average Bonchev–Trinajstić information content (AvgIpc) is 2.53. The highest BCUT2D eigenvalue weighted by Crippen LogP contribution is 2.44. The van der Waals surface area contributed by atoms with Crippen LogP contribution in [0.3, 0.4) is 0 Å². The van der Waals surface area contributed by atoms with Crippen LogP contribution >= 0.6 is 0 Å². The molecule has 12 heavy (non-hydrogen) atoms. The van der Waals surface area contributed by atoms with Gasteiger partial charge in [-0.25, -0.2) is 4.39 Å². The Morgan fingerprint density at radius 3 is 2.83 bits per heavy atom. The van der Waals surface area contributed by atoms with Gasteiger partial charge in [-0.1, -0.05) is 0 Å². The van der Waals surface area contributed by atoms with Gasteiger partial charge in [0.05, 0.1) is 5.41 Å². The lowest BCUT2D eigenvalue weighted by atomic mass is 9.83. The van der Waals surface area contributed by atoms with Crippen LogP contribution in [0.5, 0.6) is 0 Å². The molecule has 0 radical (unpaired) electrons. The highest BCUT2D eigenvalue weighted by atomic mass is 19.1. The van der Waals surface area contributed by atoms with Crippen molar-refractivity contribution >= 4 is 5.91 Å². The van der Waals surface area contributed by atoms with E-state index in [1.54, 1.807) is 0 Å². The molecule has 1 saturated carbocycles. The van der Waals surface area contributed by atoms with Gasteiger partial charge in [0.1, 0.15) is 6.17 Å². The van der Waals surface area contributed by atoms with Gasteiger partial charge in [-0.15, -0.1) is 0 Å². The summed E-state index contributed by atoms with van der Waals surface area (Å²) in [6.45, 7) is 0.172. The second-order valence-corrected chi connectivity index (χ2v) is 3.84. The molecule has 1 heterocycles. The normalized spacial score (nSPS) is 47.0. The molecular weight excluding hydrogens is 159 g/mol. The van der Waals surface area contributed by atoms with Crippen LogP contribution in [0.15, 0.2) is 0 Å². The molecule has 3 atom stereocenters. The van der Waals surface area contributed by atoms with Gasteiger partial charge in [0.25, 0.3) is 0 Å². The predicted octanol–water partition coefficient (Wildman–Crippen LogP) is -0.0481. The fraction of sp³-hybridized carbons (Fsp3) is 0.875. The third-order valence-corrected chi connectivity index (χ3v) is 3.08. The van der Waals surface area contributed by atoms with Crippen LogP contribution in [0.2, 0.25) is 0 Å². The molecule has 0 aromatic carbocycles. The molecule has 1 aliphatic carbocycles. The lowest BCUT2D eigenvalue weighted by Crippen LogP contribution is -2.35. The standard InChI is InChI=1S/C8H13FN2O/c9-6-4-11-7(12)8(6)2-1-5(10)3-8/h5-6H,1-4,10H2,(H,11,12)/t5-,6?,8-/m1/s1. The minimum Gasteiger partial charge on any atom is -0.353 e. The van der Waals surface area contributed by atoms with E-state index in [-0.39, 0.29) is 18.5 Å². The van der Waals surface area contributed by atoms with Crippen molar-refractivity contribution in [1.29, 1.82) is 0 Å². The molecular formula is C8H13FN2O. The van der Waals surface area contributed by atoms with E-state index in [0.717, 1.165) is 6.42 Å². The van der Waals surface area contributed by atoms with Gasteiger partial charge >= 0.3 is 0 Å². The van der Waals surface area contributed by atoms with Crippen molar-refractivity contribution in [3.8, 4) is 0 Å². The molecule has 3 N–H and O–H groups in total. The number of hydrogen-bond acceptors (Lipinski definition) is 2. The van der Waals surface area contributed by atoms with E-state index in [1.807, 2.05) is 0 Å². The SMILES string of the molecule is N[C@@H]1CC[C@]2(C1)C(=O)NCC2F. The van der Waals surface area contributed by atoms with Gasteiger partial charge < -0.3 is 11.1 Å². The summed E-state index contributed by atoms with van der Waals surface area (Å²) in [5.74, 6) is -0.136. The number of rotatable bonds is 0. The summed E-state index contributed by atoms with van der Waals surface area (Å²) in [6, 6.07) is 0.00657. The quantitative estimate of drug-likeness (QED) is 0.538. The van der Waals surface area contributed by atoms with Crippen molar-refractivity contribution in [3.63, 3.8) is 0 Å². The number of carbonyl (C=O) groups excluding carboxylic acids is 1. The second kappa shape index (κ2) is 2.42. The first-order chi connectivity index (χ1) is 5.65. The number of alkyl halides is 1. The van der Waals surface area contributed by atoms with Crippen LogP contribution in [0.25, 0.3) is 0 Å². The summed E-state index contributed by atoms with van der Waals surface area (Å²) in [5.41, 5.74) is 4.90. The fourth-order valence-electron chi connectivity index (χ4n) is 2.30. The summed E-state index contributed by atoms with van der Waals surface area (Å²) in [6.07, 6.45) is 0.869. The molecule has 0 aromatic rings. The van der Waals surface area contributed by atoms with E-state index in [0.29, 0.717) is 12.8 Å². The summed E-state index contributed by atoms with van der Waals surface area (Å²) in [7, 11) is 0. The predicted molar refractivity (Wildman–Crippen MR) is 42.2 cm³/mol. The Morgan fingerprint density at radius 2 is 2.42 bits per heavy atom. The molecule has 3 nitrogen and oxygen atoms in total. The van der Waals surface area contributed by atoms with Gasteiger partial charge in [0, 0.05) is 12.6 Å². The van der Waals surface area contributed by atoms with Gasteiger partial charge in [-0.3, -0.25) is 4.79 Å². The first-order valence-electron chi connectivity index (χ1n) is 4.33. The summed E-state index contributed by atoms with van der Waals surface area (Å²) >= 11 is 0. The zero-order valence-corrected chi connectivity index (χ0v) is 6.85. The Kier molecular flexibility index (Phi) is 1.61. The van der Waals surface area contributed by atoms with Crippen molar-refractivity contribution in [2.75, 3.05) is 6.54 Å². The zero-order valence-electron chi connectivity index (χ0n) is 6.85. The Balaban J connectivity index is 2.23. The van der Waals surface area contributed by atoms with E-state index >= 15 is 0 Å². The van der Waals surface area contributed by atoms with E-state index in [2.05, 4.69) is 5.32 Å². The minimum atomic E-state index is -1.03. The molecule has 1 aliphatic heterocycles. The van der Waals surface area contributed by atoms with Crippen molar-refractivity contribution in [3.05, 3.63) is 0 Å². The Labute approximate surface area is 70.5 Å². The molecule has 0 aromatic heterocycles. The number of carbonyl (C=O) groups is 1. The first-order valence-corrected chi connectivity index (χ1v) is 4.33. The summed E-state index contributed by atoms with van der Waals surface area (Å²) < 4.78 is 13.4. The zero-order chi connectivity index (χ0) is 8.77.